The summed E-state index contributed by atoms with van der Waals surface area (Å²) in [5.41, 5.74) is 0.814. The molecule has 1 amide bonds. The topological polar surface area (TPSA) is 98.2 Å². The SMILES string of the molecule is COCCCCN1C(C2CCCCC2)=CCC1C(O)N(CC(C)C)[C@H]1C[C@@H](C(O)N2CCOCC2)CN(C(=O)OC(C)(C)C)C1. The van der Waals surface area contributed by atoms with Gasteiger partial charge in [0.15, 0.2) is 0 Å². The molecule has 3 fully saturated rings. The standard InChI is InChI=1S/C35H64N4O6/c1-26(2)23-39(33(41)31-15-14-30(27-12-8-7-9-13-27)38(31)16-10-11-19-43-6)29-22-28(32(40)36-17-20-44-21-18-36)24-37(25-29)34(42)45-35(3,4)5/h14,26-29,31-33,40-41H,7-13,15-25H2,1-6H3/t28-,29+,31?,32?,33?/m1/s1. The van der Waals surface area contributed by atoms with Gasteiger partial charge in [-0.05, 0) is 71.1 Å². The Morgan fingerprint density at radius 3 is 2.44 bits per heavy atom. The molecule has 2 saturated heterocycles. The van der Waals surface area contributed by atoms with Crippen molar-refractivity contribution in [3.05, 3.63) is 11.8 Å². The first kappa shape index (κ1) is 36.4. The molecule has 3 unspecified atom stereocenters. The molecule has 3 heterocycles. The van der Waals surface area contributed by atoms with Gasteiger partial charge in [0, 0.05) is 70.6 Å². The van der Waals surface area contributed by atoms with Crippen LogP contribution in [0.2, 0.25) is 0 Å². The summed E-state index contributed by atoms with van der Waals surface area (Å²) in [4.78, 5) is 22.1. The molecule has 10 heteroatoms. The van der Waals surface area contributed by atoms with Gasteiger partial charge in [-0.15, -0.1) is 0 Å². The van der Waals surface area contributed by atoms with Crippen molar-refractivity contribution < 1.29 is 29.2 Å². The normalized spacial score (nSPS) is 27.2. The van der Waals surface area contributed by atoms with E-state index in [1.807, 2.05) is 20.8 Å². The van der Waals surface area contributed by atoms with Crippen LogP contribution in [0.1, 0.15) is 92.4 Å². The molecular formula is C35H64N4O6. The van der Waals surface area contributed by atoms with E-state index in [1.165, 1.54) is 37.8 Å². The molecule has 0 spiro atoms. The highest BCUT2D eigenvalue weighted by Crippen LogP contribution is 2.39. The van der Waals surface area contributed by atoms with Crippen LogP contribution in [0.3, 0.4) is 0 Å². The van der Waals surface area contributed by atoms with Crippen LogP contribution < -0.4 is 0 Å². The summed E-state index contributed by atoms with van der Waals surface area (Å²) in [6, 6.07) is -0.152. The smallest absolute Gasteiger partial charge is 0.410 e. The molecular weight excluding hydrogens is 572 g/mol. The van der Waals surface area contributed by atoms with Crippen molar-refractivity contribution in [1.29, 1.82) is 0 Å². The fourth-order valence-electron chi connectivity index (χ4n) is 7.88. The Hall–Kier alpha value is -1.43. The number of likely N-dealkylation sites (tertiary alicyclic amines) is 1. The fraction of sp³-hybridized carbons (Fsp3) is 0.914. The highest BCUT2D eigenvalue weighted by atomic mass is 16.6. The van der Waals surface area contributed by atoms with E-state index in [-0.39, 0.29) is 24.1 Å². The van der Waals surface area contributed by atoms with Crippen molar-refractivity contribution in [2.45, 2.75) is 123 Å². The number of allylic oxidation sites excluding steroid dienone is 1. The maximum absolute atomic E-state index is 13.5. The van der Waals surface area contributed by atoms with E-state index in [0.717, 1.165) is 32.4 Å². The highest BCUT2D eigenvalue weighted by Gasteiger charge is 2.44. The first-order chi connectivity index (χ1) is 21.5. The third-order valence-electron chi connectivity index (χ3n) is 10.0. The van der Waals surface area contributed by atoms with Crippen molar-refractivity contribution in [1.82, 2.24) is 19.6 Å². The van der Waals surface area contributed by atoms with Crippen LogP contribution in [0.25, 0.3) is 0 Å². The monoisotopic (exact) mass is 636 g/mol. The number of rotatable bonds is 13. The zero-order valence-electron chi connectivity index (χ0n) is 29.2. The molecule has 4 rings (SSSR count). The molecule has 10 nitrogen and oxygen atoms in total. The van der Waals surface area contributed by atoms with E-state index in [0.29, 0.717) is 64.2 Å². The number of aliphatic hydroxyl groups is 2. The maximum Gasteiger partial charge on any atom is 0.410 e. The Kier molecular flexibility index (Phi) is 13.8. The Labute approximate surface area is 273 Å². The largest absolute Gasteiger partial charge is 0.444 e. The van der Waals surface area contributed by atoms with Crippen molar-refractivity contribution >= 4 is 6.09 Å². The maximum atomic E-state index is 13.5. The van der Waals surface area contributed by atoms with Crippen LogP contribution in [0.15, 0.2) is 11.8 Å². The van der Waals surface area contributed by atoms with Gasteiger partial charge in [0.2, 0.25) is 0 Å². The number of unbranched alkanes of at least 4 members (excludes halogenated alkanes) is 1. The Bertz CT molecular complexity index is 930. The van der Waals surface area contributed by atoms with Gasteiger partial charge in [-0.25, -0.2) is 4.79 Å². The lowest BCUT2D eigenvalue weighted by atomic mass is 9.86. The molecule has 0 aromatic rings. The van der Waals surface area contributed by atoms with Crippen molar-refractivity contribution in [2.75, 3.05) is 66.2 Å². The second-order valence-electron chi connectivity index (χ2n) is 15.3. The Balaban J connectivity index is 1.58. The molecule has 0 radical (unpaired) electrons. The molecule has 1 saturated carbocycles. The van der Waals surface area contributed by atoms with Crippen LogP contribution in [0.5, 0.6) is 0 Å². The molecule has 5 atom stereocenters. The predicted octanol–water partition coefficient (Wildman–Crippen LogP) is 4.50. The fourth-order valence-corrected chi connectivity index (χ4v) is 7.88. The van der Waals surface area contributed by atoms with Gasteiger partial charge in [0.25, 0.3) is 0 Å². The van der Waals surface area contributed by atoms with Crippen LogP contribution >= 0.6 is 0 Å². The molecule has 260 valence electrons. The Morgan fingerprint density at radius 1 is 1.09 bits per heavy atom. The van der Waals surface area contributed by atoms with Gasteiger partial charge in [-0.3, -0.25) is 9.80 Å². The highest BCUT2D eigenvalue weighted by molar-refractivity contribution is 5.68. The number of aliphatic hydroxyl groups excluding tert-OH is 2. The summed E-state index contributed by atoms with van der Waals surface area (Å²) in [6.45, 7) is 15.8. The lowest BCUT2D eigenvalue weighted by Crippen LogP contribution is -2.62. The van der Waals surface area contributed by atoms with Gasteiger partial charge >= 0.3 is 6.09 Å². The second kappa shape index (κ2) is 17.1. The van der Waals surface area contributed by atoms with E-state index in [9.17, 15) is 15.0 Å². The molecule has 3 aliphatic heterocycles. The molecule has 0 bridgehead atoms. The quantitative estimate of drug-likeness (QED) is 0.224. The van der Waals surface area contributed by atoms with E-state index in [4.69, 9.17) is 14.2 Å². The van der Waals surface area contributed by atoms with Crippen molar-refractivity contribution in [3.63, 3.8) is 0 Å². The molecule has 0 aromatic heterocycles. The van der Waals surface area contributed by atoms with E-state index in [1.54, 1.807) is 12.0 Å². The summed E-state index contributed by atoms with van der Waals surface area (Å²) in [6.07, 6.45) is 10.6. The van der Waals surface area contributed by atoms with Crippen LogP contribution in [0.4, 0.5) is 4.79 Å². The first-order valence-corrected chi connectivity index (χ1v) is 17.9. The van der Waals surface area contributed by atoms with Gasteiger partial charge in [0.05, 0.1) is 19.3 Å². The summed E-state index contributed by atoms with van der Waals surface area (Å²) in [5.74, 6) is 0.727. The third-order valence-corrected chi connectivity index (χ3v) is 10.0. The number of amides is 1. The lowest BCUT2D eigenvalue weighted by Gasteiger charge is -2.49. The minimum atomic E-state index is -0.697. The van der Waals surface area contributed by atoms with Crippen molar-refractivity contribution in [2.24, 2.45) is 17.8 Å². The number of methoxy groups -OCH3 is 1. The van der Waals surface area contributed by atoms with Crippen LogP contribution in [-0.4, -0.2) is 132 Å². The minimum absolute atomic E-state index is 0.0391. The first-order valence-electron chi connectivity index (χ1n) is 17.9. The van der Waals surface area contributed by atoms with E-state index < -0.39 is 18.1 Å². The van der Waals surface area contributed by atoms with Gasteiger partial charge in [-0.2, -0.15) is 0 Å². The van der Waals surface area contributed by atoms with E-state index in [2.05, 4.69) is 34.6 Å². The molecule has 4 aliphatic rings. The number of ether oxygens (including phenoxy) is 3. The van der Waals surface area contributed by atoms with Crippen molar-refractivity contribution in [3.8, 4) is 0 Å². The number of hydrogen-bond acceptors (Lipinski definition) is 9. The predicted molar refractivity (Wildman–Crippen MR) is 177 cm³/mol. The lowest BCUT2D eigenvalue weighted by molar-refractivity contribution is -0.127. The van der Waals surface area contributed by atoms with Gasteiger partial charge in [-0.1, -0.05) is 39.2 Å². The number of carbonyl (C=O) groups is 1. The number of hydrogen-bond donors (Lipinski definition) is 2. The third kappa shape index (κ3) is 10.3. The summed E-state index contributed by atoms with van der Waals surface area (Å²) >= 11 is 0. The zero-order valence-corrected chi connectivity index (χ0v) is 29.2. The molecule has 2 N–H and O–H groups in total. The zero-order chi connectivity index (χ0) is 32.6. The Morgan fingerprint density at radius 2 is 1.80 bits per heavy atom. The van der Waals surface area contributed by atoms with E-state index >= 15 is 0 Å². The average molecular weight is 637 g/mol. The molecule has 1 aliphatic carbocycles. The number of nitrogens with zero attached hydrogens (tertiary/aromatic N) is 4. The molecule has 45 heavy (non-hydrogen) atoms. The number of morpholine rings is 1. The van der Waals surface area contributed by atoms with Crippen LogP contribution in [-0.2, 0) is 14.2 Å². The van der Waals surface area contributed by atoms with Crippen LogP contribution in [0, 0.1) is 17.8 Å². The summed E-state index contributed by atoms with van der Waals surface area (Å²) in [5, 5.41) is 24.0. The molecule has 0 aromatic carbocycles. The van der Waals surface area contributed by atoms with Gasteiger partial charge < -0.3 is 34.2 Å². The summed E-state index contributed by atoms with van der Waals surface area (Å²) in [7, 11) is 1.76. The number of piperidine rings is 1. The average Bonchev–Trinajstić information content (AvgIpc) is 3.45. The number of carbonyl (C=O) groups excluding carboxylic acids is 1. The summed E-state index contributed by atoms with van der Waals surface area (Å²) < 4.78 is 16.8. The van der Waals surface area contributed by atoms with Gasteiger partial charge in [0.1, 0.15) is 18.1 Å². The minimum Gasteiger partial charge on any atom is -0.444 e. The second-order valence-corrected chi connectivity index (χ2v) is 15.3.